The Balaban J connectivity index is 1.54. The van der Waals surface area contributed by atoms with E-state index >= 15 is 0 Å². The number of hydrogen-bond acceptors (Lipinski definition) is 6. The van der Waals surface area contributed by atoms with E-state index in [2.05, 4.69) is 10.5 Å². The van der Waals surface area contributed by atoms with Crippen molar-refractivity contribution >= 4 is 12.1 Å². The van der Waals surface area contributed by atoms with Crippen LogP contribution in [0.5, 0.6) is 17.2 Å². The van der Waals surface area contributed by atoms with Crippen molar-refractivity contribution in [2.75, 3.05) is 0 Å². The fraction of sp³-hybridized carbons (Fsp3) is 0.0526. The summed E-state index contributed by atoms with van der Waals surface area (Å²) < 4.78 is 11.0. The monoisotopic (exact) mass is 352 g/mol. The molecule has 0 bridgehead atoms. The van der Waals surface area contributed by atoms with Crippen LogP contribution in [0.2, 0.25) is 0 Å². The van der Waals surface area contributed by atoms with Crippen molar-refractivity contribution in [1.82, 2.24) is 5.43 Å². The summed E-state index contributed by atoms with van der Waals surface area (Å²) in [6.45, 7) is 0.202. The second kappa shape index (κ2) is 7.89. The molecule has 7 nitrogen and oxygen atoms in total. The molecule has 3 N–H and O–H groups in total. The summed E-state index contributed by atoms with van der Waals surface area (Å²) in [7, 11) is 0. The van der Waals surface area contributed by atoms with Gasteiger partial charge in [0.2, 0.25) is 0 Å². The van der Waals surface area contributed by atoms with Crippen LogP contribution < -0.4 is 10.2 Å². The number of hydrazone groups is 1. The molecule has 0 spiro atoms. The van der Waals surface area contributed by atoms with Gasteiger partial charge in [-0.25, -0.2) is 5.43 Å². The van der Waals surface area contributed by atoms with E-state index in [4.69, 9.17) is 9.15 Å². The third kappa shape index (κ3) is 4.41. The van der Waals surface area contributed by atoms with Crippen LogP contribution in [0.1, 0.15) is 21.9 Å². The first-order valence-electron chi connectivity index (χ1n) is 7.74. The smallest absolute Gasteiger partial charge is 0.307 e. The second-order valence-electron chi connectivity index (χ2n) is 5.31. The number of phenolic OH excluding ortho intramolecular Hbond substituents is 2. The molecule has 0 fully saturated rings. The van der Waals surface area contributed by atoms with E-state index in [0.717, 1.165) is 0 Å². The molecule has 0 radical (unpaired) electrons. The summed E-state index contributed by atoms with van der Waals surface area (Å²) in [5, 5.41) is 22.4. The highest BCUT2D eigenvalue weighted by molar-refractivity contribution is 5.92. The lowest BCUT2D eigenvalue weighted by Crippen LogP contribution is -2.16. The number of benzene rings is 2. The number of aromatic hydroxyl groups is 2. The van der Waals surface area contributed by atoms with Crippen molar-refractivity contribution in [2.45, 2.75) is 6.61 Å². The van der Waals surface area contributed by atoms with Crippen molar-refractivity contribution < 1.29 is 24.2 Å². The van der Waals surface area contributed by atoms with Crippen LogP contribution in [0.4, 0.5) is 0 Å². The number of nitrogens with zero attached hydrogens (tertiary/aromatic N) is 1. The van der Waals surface area contributed by atoms with E-state index in [0.29, 0.717) is 17.1 Å². The van der Waals surface area contributed by atoms with Crippen LogP contribution in [0, 0.1) is 0 Å². The number of furan rings is 1. The molecule has 26 heavy (non-hydrogen) atoms. The van der Waals surface area contributed by atoms with Gasteiger partial charge in [0, 0.05) is 0 Å². The van der Waals surface area contributed by atoms with E-state index in [1.165, 1.54) is 30.5 Å². The minimum absolute atomic E-state index is 0.0994. The Labute approximate surface area is 149 Å². The lowest BCUT2D eigenvalue weighted by molar-refractivity contribution is 0.0923. The average Bonchev–Trinajstić information content (AvgIpc) is 3.13. The Bertz CT molecular complexity index is 919. The largest absolute Gasteiger partial charge is 0.504 e. The first-order chi connectivity index (χ1) is 12.6. The van der Waals surface area contributed by atoms with Gasteiger partial charge in [-0.05, 0) is 48.0 Å². The van der Waals surface area contributed by atoms with Crippen molar-refractivity contribution in [3.05, 3.63) is 77.7 Å². The Morgan fingerprint density at radius 2 is 1.88 bits per heavy atom. The molecule has 132 valence electrons. The Hall–Kier alpha value is -3.74. The summed E-state index contributed by atoms with van der Waals surface area (Å²) in [4.78, 5) is 12.0. The van der Waals surface area contributed by atoms with Crippen molar-refractivity contribution in [3.8, 4) is 17.2 Å². The molecule has 3 aromatic rings. The van der Waals surface area contributed by atoms with Crippen LogP contribution in [0.25, 0.3) is 0 Å². The molecule has 0 aliphatic heterocycles. The maximum Gasteiger partial charge on any atom is 0.307 e. The number of ether oxygens (including phenoxy) is 1. The van der Waals surface area contributed by atoms with Gasteiger partial charge < -0.3 is 19.4 Å². The maximum atomic E-state index is 12.0. The molecular weight excluding hydrogens is 336 g/mol. The minimum atomic E-state index is -0.518. The standard InChI is InChI=1S/C19H16N2O5/c22-16-8-6-13(10-17(16)23)11-20-21-19(24)18-9-7-15(26-18)12-25-14-4-2-1-3-5-14/h1-11,22-23H,12H2,(H,21,24)/b20-11+. The fourth-order valence-electron chi connectivity index (χ4n) is 2.09. The van der Waals surface area contributed by atoms with E-state index in [9.17, 15) is 15.0 Å². The van der Waals surface area contributed by atoms with Gasteiger partial charge in [0.1, 0.15) is 18.1 Å². The molecule has 0 saturated heterocycles. The lowest BCUT2D eigenvalue weighted by Gasteiger charge is -2.03. The number of carbonyl (C=O) groups is 1. The van der Waals surface area contributed by atoms with Gasteiger partial charge in [0.15, 0.2) is 17.3 Å². The van der Waals surface area contributed by atoms with Crippen LogP contribution in [0.15, 0.2) is 70.2 Å². The van der Waals surface area contributed by atoms with Gasteiger partial charge >= 0.3 is 5.91 Å². The SMILES string of the molecule is O=C(N/N=C/c1ccc(O)c(O)c1)c1ccc(COc2ccccc2)o1. The van der Waals surface area contributed by atoms with Crippen molar-refractivity contribution in [1.29, 1.82) is 0 Å². The number of carbonyl (C=O) groups excluding carboxylic acids is 1. The lowest BCUT2D eigenvalue weighted by atomic mass is 10.2. The van der Waals surface area contributed by atoms with Gasteiger partial charge in [0.25, 0.3) is 0 Å². The second-order valence-corrected chi connectivity index (χ2v) is 5.31. The molecule has 1 heterocycles. The summed E-state index contributed by atoms with van der Waals surface area (Å²) in [5.74, 6) is 0.294. The molecule has 2 aromatic carbocycles. The highest BCUT2D eigenvalue weighted by Crippen LogP contribution is 2.24. The predicted octanol–water partition coefficient (Wildman–Crippen LogP) is 3.03. The van der Waals surface area contributed by atoms with Crippen molar-refractivity contribution in [2.24, 2.45) is 5.10 Å². The number of nitrogens with one attached hydrogen (secondary N) is 1. The normalized spacial score (nSPS) is 10.8. The molecule has 7 heteroatoms. The van der Waals surface area contributed by atoms with Gasteiger partial charge in [-0.15, -0.1) is 0 Å². The molecule has 0 aliphatic carbocycles. The first-order valence-corrected chi connectivity index (χ1v) is 7.74. The Morgan fingerprint density at radius 3 is 2.65 bits per heavy atom. The molecule has 0 saturated carbocycles. The van der Waals surface area contributed by atoms with Crippen LogP contribution in [0.3, 0.4) is 0 Å². The molecule has 1 amide bonds. The average molecular weight is 352 g/mol. The van der Waals surface area contributed by atoms with E-state index in [1.807, 2.05) is 30.3 Å². The number of phenols is 2. The quantitative estimate of drug-likeness (QED) is 0.359. The van der Waals surface area contributed by atoms with Gasteiger partial charge in [-0.3, -0.25) is 4.79 Å². The predicted molar refractivity (Wildman–Crippen MR) is 94.3 cm³/mol. The van der Waals surface area contributed by atoms with Crippen molar-refractivity contribution in [3.63, 3.8) is 0 Å². The number of rotatable bonds is 6. The molecule has 0 unspecified atom stereocenters. The van der Waals surface area contributed by atoms with E-state index in [-0.39, 0.29) is 23.9 Å². The molecular formula is C19H16N2O5. The third-order valence-corrected chi connectivity index (χ3v) is 3.39. The summed E-state index contributed by atoms with van der Waals surface area (Å²) in [6, 6.07) is 16.6. The minimum Gasteiger partial charge on any atom is -0.504 e. The van der Waals surface area contributed by atoms with Gasteiger partial charge in [-0.1, -0.05) is 18.2 Å². The van der Waals surface area contributed by atoms with Gasteiger partial charge in [-0.2, -0.15) is 5.10 Å². The molecule has 3 rings (SSSR count). The zero-order chi connectivity index (χ0) is 18.4. The highest BCUT2D eigenvalue weighted by atomic mass is 16.5. The number of hydrogen-bond donors (Lipinski definition) is 3. The Morgan fingerprint density at radius 1 is 1.08 bits per heavy atom. The Kier molecular flexibility index (Phi) is 5.19. The highest BCUT2D eigenvalue weighted by Gasteiger charge is 2.10. The van der Waals surface area contributed by atoms with Crippen LogP contribution in [-0.2, 0) is 6.61 Å². The van der Waals surface area contributed by atoms with Crippen LogP contribution in [-0.4, -0.2) is 22.3 Å². The topological polar surface area (TPSA) is 104 Å². The van der Waals surface area contributed by atoms with E-state index < -0.39 is 5.91 Å². The number of amides is 1. The summed E-state index contributed by atoms with van der Waals surface area (Å²) >= 11 is 0. The molecule has 0 atom stereocenters. The molecule has 0 aliphatic rings. The third-order valence-electron chi connectivity index (χ3n) is 3.39. The van der Waals surface area contributed by atoms with E-state index in [1.54, 1.807) is 6.07 Å². The van der Waals surface area contributed by atoms with Crippen LogP contribution >= 0.6 is 0 Å². The van der Waals surface area contributed by atoms with Gasteiger partial charge in [0.05, 0.1) is 6.21 Å². The molecule has 1 aromatic heterocycles. The first kappa shape index (κ1) is 17.1. The summed E-state index contributed by atoms with van der Waals surface area (Å²) in [6.07, 6.45) is 1.33. The summed E-state index contributed by atoms with van der Waals surface area (Å²) in [5.41, 5.74) is 2.83. The maximum absolute atomic E-state index is 12.0. The zero-order valence-corrected chi connectivity index (χ0v) is 13.6. The fourth-order valence-corrected chi connectivity index (χ4v) is 2.09. The number of para-hydroxylation sites is 1. The zero-order valence-electron chi connectivity index (χ0n) is 13.6.